The van der Waals surface area contributed by atoms with E-state index in [0.29, 0.717) is 31.7 Å². The van der Waals surface area contributed by atoms with Crippen molar-refractivity contribution < 1.29 is 9.53 Å². The first-order valence-corrected chi connectivity index (χ1v) is 11.1. The summed E-state index contributed by atoms with van der Waals surface area (Å²) in [6, 6.07) is 10.3. The minimum Gasteiger partial charge on any atom is -0.379 e. The molecule has 0 radical (unpaired) electrons. The van der Waals surface area contributed by atoms with E-state index in [4.69, 9.17) is 4.74 Å². The molecule has 1 aromatic carbocycles. The van der Waals surface area contributed by atoms with E-state index in [9.17, 15) is 9.59 Å². The molecular formula is C24H31N5O3. The number of aromatic nitrogens is 3. The second kappa shape index (κ2) is 9.67. The van der Waals surface area contributed by atoms with Crippen LogP contribution in [0.25, 0.3) is 11.0 Å². The number of hydrogen-bond acceptors (Lipinski definition) is 5. The van der Waals surface area contributed by atoms with Crippen molar-refractivity contribution in [2.24, 2.45) is 7.05 Å². The van der Waals surface area contributed by atoms with Crippen LogP contribution in [0.4, 0.5) is 0 Å². The number of amides is 1. The monoisotopic (exact) mass is 437 g/mol. The highest BCUT2D eigenvalue weighted by Crippen LogP contribution is 2.22. The number of hydrogen-bond donors (Lipinski definition) is 2. The molecule has 4 rings (SSSR count). The van der Waals surface area contributed by atoms with Crippen LogP contribution in [0.3, 0.4) is 0 Å². The van der Waals surface area contributed by atoms with Crippen LogP contribution in [0.1, 0.15) is 34.8 Å². The molecule has 0 spiro atoms. The van der Waals surface area contributed by atoms with Gasteiger partial charge in [0.25, 0.3) is 5.56 Å². The topological polar surface area (TPSA) is 92.2 Å². The number of carbonyl (C=O) groups is 1. The molecule has 1 unspecified atom stereocenters. The van der Waals surface area contributed by atoms with E-state index in [2.05, 4.69) is 32.4 Å². The minimum atomic E-state index is -0.152. The molecule has 0 saturated carbocycles. The molecule has 1 saturated heterocycles. The van der Waals surface area contributed by atoms with Crippen molar-refractivity contribution >= 4 is 16.9 Å². The zero-order valence-corrected chi connectivity index (χ0v) is 19.0. The molecule has 2 N–H and O–H groups in total. The van der Waals surface area contributed by atoms with Gasteiger partial charge in [-0.1, -0.05) is 30.3 Å². The summed E-state index contributed by atoms with van der Waals surface area (Å²) in [7, 11) is 1.81. The summed E-state index contributed by atoms with van der Waals surface area (Å²) in [6.07, 6.45) is 0.657. The Hall–Kier alpha value is -2.97. The lowest BCUT2D eigenvalue weighted by molar-refractivity contribution is -0.121. The molecule has 1 aliphatic heterocycles. The van der Waals surface area contributed by atoms with Gasteiger partial charge in [0.2, 0.25) is 5.91 Å². The molecule has 2 aromatic heterocycles. The predicted octanol–water partition coefficient (Wildman–Crippen LogP) is 2.00. The molecule has 1 aliphatic rings. The number of fused-ring (bicyclic) bond motifs is 1. The molecule has 8 nitrogen and oxygen atoms in total. The Morgan fingerprint density at radius 1 is 1.22 bits per heavy atom. The van der Waals surface area contributed by atoms with Crippen LogP contribution in [-0.4, -0.2) is 58.4 Å². The van der Waals surface area contributed by atoms with E-state index in [0.717, 1.165) is 35.4 Å². The van der Waals surface area contributed by atoms with Gasteiger partial charge in [0.15, 0.2) is 0 Å². The summed E-state index contributed by atoms with van der Waals surface area (Å²) in [5.74, 6) is -0.0546. The molecule has 0 bridgehead atoms. The molecular weight excluding hydrogens is 406 g/mol. The molecule has 1 fully saturated rings. The van der Waals surface area contributed by atoms with Gasteiger partial charge < -0.3 is 15.0 Å². The number of aryl methyl sites for hydroxylation is 3. The first kappa shape index (κ1) is 22.2. The van der Waals surface area contributed by atoms with Gasteiger partial charge in [-0.2, -0.15) is 5.10 Å². The Balaban J connectivity index is 1.43. The average Bonchev–Trinajstić information content (AvgIpc) is 3.08. The standard InChI is InChI=1S/C24H31N5O3/c1-16-19(24(31)26-23-22(16)17(2)27-28(23)3)9-10-21(30)25-15-20(18-7-5-4-6-8-18)29-11-13-32-14-12-29/h4-8,20H,9-15H2,1-3H3,(H,25,30)(H,26,31). The number of H-pyrrole nitrogens is 1. The summed E-state index contributed by atoms with van der Waals surface area (Å²) < 4.78 is 7.18. The van der Waals surface area contributed by atoms with Crippen molar-refractivity contribution in [2.45, 2.75) is 32.7 Å². The van der Waals surface area contributed by atoms with Crippen molar-refractivity contribution in [1.82, 2.24) is 25.0 Å². The number of rotatable bonds is 7. The van der Waals surface area contributed by atoms with Crippen LogP contribution in [0, 0.1) is 13.8 Å². The Morgan fingerprint density at radius 2 is 1.94 bits per heavy atom. The van der Waals surface area contributed by atoms with Crippen LogP contribution in [-0.2, 0) is 23.0 Å². The second-order valence-electron chi connectivity index (χ2n) is 8.37. The molecule has 0 aliphatic carbocycles. The molecule has 1 amide bonds. The zero-order valence-electron chi connectivity index (χ0n) is 19.0. The fourth-order valence-electron chi connectivity index (χ4n) is 4.62. The number of nitrogens with zero attached hydrogens (tertiary/aromatic N) is 3. The highest BCUT2D eigenvalue weighted by molar-refractivity contribution is 5.83. The third kappa shape index (κ3) is 4.61. The Morgan fingerprint density at radius 3 is 2.66 bits per heavy atom. The smallest absolute Gasteiger partial charge is 0.253 e. The van der Waals surface area contributed by atoms with Gasteiger partial charge in [-0.05, 0) is 31.4 Å². The van der Waals surface area contributed by atoms with Crippen LogP contribution in [0.15, 0.2) is 35.1 Å². The lowest BCUT2D eigenvalue weighted by Crippen LogP contribution is -2.43. The van der Waals surface area contributed by atoms with Gasteiger partial charge >= 0.3 is 0 Å². The molecule has 32 heavy (non-hydrogen) atoms. The van der Waals surface area contributed by atoms with Crippen molar-refractivity contribution in [2.75, 3.05) is 32.8 Å². The lowest BCUT2D eigenvalue weighted by atomic mass is 10.0. The quantitative estimate of drug-likeness (QED) is 0.590. The number of pyridine rings is 1. The van der Waals surface area contributed by atoms with Crippen molar-refractivity contribution in [3.63, 3.8) is 0 Å². The van der Waals surface area contributed by atoms with E-state index in [1.165, 1.54) is 5.56 Å². The molecule has 1 atom stereocenters. The summed E-state index contributed by atoms with van der Waals surface area (Å²) in [6.45, 7) is 7.48. The van der Waals surface area contributed by atoms with Gasteiger partial charge in [-0.3, -0.25) is 19.2 Å². The van der Waals surface area contributed by atoms with Gasteiger partial charge in [-0.25, -0.2) is 0 Å². The van der Waals surface area contributed by atoms with Gasteiger partial charge in [0.05, 0.1) is 24.9 Å². The highest BCUT2D eigenvalue weighted by atomic mass is 16.5. The third-order valence-corrected chi connectivity index (χ3v) is 6.32. The Kier molecular flexibility index (Phi) is 6.72. The van der Waals surface area contributed by atoms with Crippen molar-refractivity contribution in [1.29, 1.82) is 0 Å². The second-order valence-corrected chi connectivity index (χ2v) is 8.37. The normalized spacial score (nSPS) is 15.7. The van der Waals surface area contributed by atoms with Gasteiger partial charge in [-0.15, -0.1) is 0 Å². The first-order valence-electron chi connectivity index (χ1n) is 11.1. The summed E-state index contributed by atoms with van der Waals surface area (Å²) >= 11 is 0. The van der Waals surface area contributed by atoms with Crippen LogP contribution in [0.2, 0.25) is 0 Å². The third-order valence-electron chi connectivity index (χ3n) is 6.32. The maximum Gasteiger partial charge on any atom is 0.253 e. The minimum absolute atomic E-state index is 0.0546. The maximum atomic E-state index is 12.7. The van der Waals surface area contributed by atoms with E-state index < -0.39 is 0 Å². The van der Waals surface area contributed by atoms with Crippen LogP contribution in [0.5, 0.6) is 0 Å². The summed E-state index contributed by atoms with van der Waals surface area (Å²) in [5, 5.41) is 8.45. The van der Waals surface area contributed by atoms with Crippen molar-refractivity contribution in [3.8, 4) is 0 Å². The first-order chi connectivity index (χ1) is 15.5. The number of nitrogens with one attached hydrogen (secondary N) is 2. The fraction of sp³-hybridized carbons (Fsp3) is 0.458. The van der Waals surface area contributed by atoms with E-state index in [1.807, 2.05) is 39.1 Å². The van der Waals surface area contributed by atoms with Crippen LogP contribution >= 0.6 is 0 Å². The Bertz CT molecular complexity index is 1150. The SMILES string of the molecule is Cc1nn(C)c2[nH]c(=O)c(CCC(=O)NCC(c3ccccc3)N3CCOCC3)c(C)c12. The molecule has 8 heteroatoms. The fourth-order valence-corrected chi connectivity index (χ4v) is 4.62. The van der Waals surface area contributed by atoms with E-state index in [-0.39, 0.29) is 23.9 Å². The summed E-state index contributed by atoms with van der Waals surface area (Å²) in [5.41, 5.74) is 4.17. The summed E-state index contributed by atoms with van der Waals surface area (Å²) in [4.78, 5) is 30.6. The average molecular weight is 438 g/mol. The van der Waals surface area contributed by atoms with E-state index >= 15 is 0 Å². The van der Waals surface area contributed by atoms with E-state index in [1.54, 1.807) is 4.68 Å². The lowest BCUT2D eigenvalue weighted by Gasteiger charge is -2.35. The number of benzene rings is 1. The molecule has 3 heterocycles. The zero-order chi connectivity index (χ0) is 22.7. The number of ether oxygens (including phenoxy) is 1. The number of morpholine rings is 1. The maximum absolute atomic E-state index is 12.7. The Labute approximate surface area is 187 Å². The van der Waals surface area contributed by atoms with Gasteiger partial charge in [0, 0.05) is 44.1 Å². The van der Waals surface area contributed by atoms with Crippen LogP contribution < -0.4 is 10.9 Å². The molecule has 170 valence electrons. The largest absolute Gasteiger partial charge is 0.379 e. The number of carbonyl (C=O) groups excluding carboxylic acids is 1. The molecule has 3 aromatic rings. The van der Waals surface area contributed by atoms with Crippen molar-refractivity contribution in [3.05, 3.63) is 63.1 Å². The predicted molar refractivity (Wildman–Crippen MR) is 124 cm³/mol. The highest BCUT2D eigenvalue weighted by Gasteiger charge is 2.23. The van der Waals surface area contributed by atoms with Gasteiger partial charge in [0.1, 0.15) is 5.65 Å². The number of aromatic amines is 1.